The average Bonchev–Trinajstić information content (AvgIpc) is 3.35. The van der Waals surface area contributed by atoms with E-state index in [1.54, 1.807) is 34.9 Å². The van der Waals surface area contributed by atoms with Crippen molar-refractivity contribution in [3.05, 3.63) is 59.7 Å². The number of nitrogens with zero attached hydrogens (tertiary/aromatic N) is 2. The Kier molecular flexibility index (Phi) is 7.04. The topological polar surface area (TPSA) is 108 Å². The van der Waals surface area contributed by atoms with E-state index in [2.05, 4.69) is 15.0 Å². The number of hydrogen-bond acceptors (Lipinski definition) is 6. The molecule has 8 nitrogen and oxygen atoms in total. The molecule has 2 aromatic carbocycles. The summed E-state index contributed by atoms with van der Waals surface area (Å²) in [7, 11) is -3.66. The highest BCUT2D eigenvalue weighted by molar-refractivity contribution is 7.98. The summed E-state index contributed by atoms with van der Waals surface area (Å²) in [6, 6.07) is 13.5. The molecule has 0 saturated carbocycles. The second-order valence-corrected chi connectivity index (χ2v) is 10.5. The fraction of sp³-hybridized carbons (Fsp3) is 0.348. The minimum atomic E-state index is -3.66. The molecule has 1 saturated heterocycles. The van der Waals surface area contributed by atoms with Crippen LogP contribution < -0.4 is 14.9 Å². The number of carbonyl (C=O) groups excluding carboxylic acids is 2. The van der Waals surface area contributed by atoms with Crippen LogP contribution in [0.25, 0.3) is 0 Å². The van der Waals surface area contributed by atoms with E-state index in [1.807, 2.05) is 30.5 Å². The number of carbonyl (C=O) groups is 2. The zero-order valence-electron chi connectivity index (χ0n) is 18.3. The van der Waals surface area contributed by atoms with Crippen LogP contribution >= 0.6 is 11.8 Å². The van der Waals surface area contributed by atoms with E-state index in [0.29, 0.717) is 30.7 Å². The minimum absolute atomic E-state index is 0.135. The van der Waals surface area contributed by atoms with Gasteiger partial charge >= 0.3 is 0 Å². The van der Waals surface area contributed by atoms with Gasteiger partial charge in [-0.3, -0.25) is 19.3 Å². The van der Waals surface area contributed by atoms with Gasteiger partial charge in [-0.2, -0.15) is 11.8 Å². The number of fused-ring (bicyclic) bond motifs is 1. The maximum atomic E-state index is 12.9. The third-order valence-corrected chi connectivity index (χ3v) is 7.67. The molecular formula is C23H26N4O4S2. The molecule has 10 heteroatoms. The zero-order valence-corrected chi connectivity index (χ0v) is 19.9. The number of amidine groups is 1. The van der Waals surface area contributed by atoms with Crippen molar-refractivity contribution in [2.75, 3.05) is 23.5 Å². The Balaban J connectivity index is 1.45. The Morgan fingerprint density at radius 3 is 2.67 bits per heavy atom. The lowest BCUT2D eigenvalue weighted by atomic mass is 10.1. The molecule has 1 unspecified atom stereocenters. The Bertz CT molecular complexity index is 1180. The van der Waals surface area contributed by atoms with Gasteiger partial charge in [0.15, 0.2) is 0 Å². The molecule has 2 aliphatic heterocycles. The maximum absolute atomic E-state index is 12.9. The number of anilines is 1. The van der Waals surface area contributed by atoms with Crippen molar-refractivity contribution in [3.8, 4) is 0 Å². The van der Waals surface area contributed by atoms with Crippen LogP contribution in [0.15, 0.2) is 58.4 Å². The molecule has 0 bridgehead atoms. The van der Waals surface area contributed by atoms with Gasteiger partial charge in [-0.1, -0.05) is 24.3 Å². The monoisotopic (exact) mass is 486 g/mol. The normalized spacial score (nSPS) is 18.8. The van der Waals surface area contributed by atoms with Crippen molar-refractivity contribution >= 4 is 45.1 Å². The van der Waals surface area contributed by atoms with E-state index in [4.69, 9.17) is 0 Å². The number of nitrogens with one attached hydrogen (secondary N) is 2. The molecule has 174 valence electrons. The molecule has 2 amide bonds. The van der Waals surface area contributed by atoms with Crippen LogP contribution in [0.3, 0.4) is 0 Å². The highest BCUT2D eigenvalue weighted by Gasteiger charge is 2.31. The van der Waals surface area contributed by atoms with Gasteiger partial charge in [0.2, 0.25) is 11.8 Å². The van der Waals surface area contributed by atoms with Gasteiger partial charge in [0.05, 0.1) is 4.90 Å². The molecule has 1 fully saturated rings. The number of aliphatic imine (C=N–C) groups is 1. The molecule has 4 rings (SSSR count). The lowest BCUT2D eigenvalue weighted by Gasteiger charge is -2.17. The van der Waals surface area contributed by atoms with Crippen LogP contribution in [-0.2, 0) is 26.2 Å². The van der Waals surface area contributed by atoms with E-state index < -0.39 is 16.1 Å². The molecular weight excluding hydrogens is 460 g/mol. The van der Waals surface area contributed by atoms with Crippen molar-refractivity contribution in [1.29, 1.82) is 0 Å². The molecule has 0 radical (unpaired) electrons. The fourth-order valence-corrected chi connectivity index (χ4v) is 5.59. The number of sulfonamides is 1. The van der Waals surface area contributed by atoms with Gasteiger partial charge in [-0.05, 0) is 54.7 Å². The molecule has 0 aromatic heterocycles. The van der Waals surface area contributed by atoms with E-state index in [9.17, 15) is 18.0 Å². The Morgan fingerprint density at radius 1 is 1.21 bits per heavy atom. The second-order valence-electron chi connectivity index (χ2n) is 7.91. The number of thioether (sulfide) groups is 1. The first-order valence-electron chi connectivity index (χ1n) is 10.7. The van der Waals surface area contributed by atoms with E-state index in [1.165, 1.54) is 6.07 Å². The van der Waals surface area contributed by atoms with Gasteiger partial charge < -0.3 is 10.2 Å². The summed E-state index contributed by atoms with van der Waals surface area (Å²) >= 11 is 1.60. The fourth-order valence-electron chi connectivity index (χ4n) is 3.89. The lowest BCUT2D eigenvalue weighted by molar-refractivity contribution is -0.122. The molecule has 2 aliphatic rings. The van der Waals surface area contributed by atoms with Crippen molar-refractivity contribution in [1.82, 2.24) is 10.0 Å². The first-order valence-corrected chi connectivity index (χ1v) is 13.6. The predicted molar refractivity (Wildman–Crippen MR) is 130 cm³/mol. The molecule has 0 aliphatic carbocycles. The molecule has 0 spiro atoms. The Labute approximate surface area is 197 Å². The lowest BCUT2D eigenvalue weighted by Crippen LogP contribution is -2.35. The van der Waals surface area contributed by atoms with Gasteiger partial charge in [0.25, 0.3) is 10.0 Å². The quantitative estimate of drug-likeness (QED) is 0.595. The summed E-state index contributed by atoms with van der Waals surface area (Å²) < 4.78 is 27.2. The van der Waals surface area contributed by atoms with Gasteiger partial charge in [0.1, 0.15) is 11.9 Å². The first-order chi connectivity index (χ1) is 15.9. The summed E-state index contributed by atoms with van der Waals surface area (Å²) in [6.45, 7) is 1.05. The van der Waals surface area contributed by atoms with Crippen molar-refractivity contribution in [2.24, 2.45) is 4.99 Å². The molecule has 1 atom stereocenters. The molecule has 2 aromatic rings. The van der Waals surface area contributed by atoms with Crippen molar-refractivity contribution < 1.29 is 18.0 Å². The summed E-state index contributed by atoms with van der Waals surface area (Å²) in [4.78, 5) is 31.3. The summed E-state index contributed by atoms with van der Waals surface area (Å²) in [5, 5.41) is 2.91. The zero-order chi connectivity index (χ0) is 23.4. The van der Waals surface area contributed by atoms with E-state index in [-0.39, 0.29) is 22.5 Å². The highest BCUT2D eigenvalue weighted by atomic mass is 32.2. The Morgan fingerprint density at radius 2 is 1.97 bits per heavy atom. The number of rotatable bonds is 8. The second kappa shape index (κ2) is 9.96. The molecule has 2 N–H and O–H groups in total. The standard InChI is InChI=1S/C23H26N4O4S2/c1-32-14-12-19(25-22-18-5-2-3-6-20(18)33(30,31)26-22)23(29)24-15-16-8-10-17(11-9-16)27-13-4-7-21(27)28/h2-3,5-6,8-11,19H,4,7,12-15H2,1H3,(H,24,29)(H,25,26). The van der Waals surface area contributed by atoms with E-state index >= 15 is 0 Å². The summed E-state index contributed by atoms with van der Waals surface area (Å²) in [6.07, 6.45) is 3.88. The van der Waals surface area contributed by atoms with Crippen LogP contribution in [0.4, 0.5) is 5.69 Å². The van der Waals surface area contributed by atoms with Crippen LogP contribution in [0.5, 0.6) is 0 Å². The smallest absolute Gasteiger partial charge is 0.263 e. The molecule has 33 heavy (non-hydrogen) atoms. The third kappa shape index (κ3) is 5.22. The van der Waals surface area contributed by atoms with Crippen molar-refractivity contribution in [3.63, 3.8) is 0 Å². The SMILES string of the molecule is CSCCC(N=C1NS(=O)(=O)c2ccccc21)C(=O)NCc1ccc(N2CCCC2=O)cc1. The molecule has 2 heterocycles. The van der Waals surface area contributed by atoms with E-state index in [0.717, 1.165) is 24.2 Å². The number of hydrogen-bond donors (Lipinski definition) is 2. The largest absolute Gasteiger partial charge is 0.350 e. The van der Waals surface area contributed by atoms with Crippen molar-refractivity contribution in [2.45, 2.75) is 36.7 Å². The van der Waals surface area contributed by atoms with Gasteiger partial charge in [-0.15, -0.1) is 0 Å². The minimum Gasteiger partial charge on any atom is -0.350 e. The number of amides is 2. The van der Waals surface area contributed by atoms with Crippen LogP contribution in [0, 0.1) is 0 Å². The predicted octanol–water partition coefficient (Wildman–Crippen LogP) is 2.29. The van der Waals surface area contributed by atoms with Crippen LogP contribution in [0.1, 0.15) is 30.4 Å². The first kappa shape index (κ1) is 23.3. The number of benzene rings is 2. The summed E-state index contributed by atoms with van der Waals surface area (Å²) in [5.74, 6) is 0.781. The Hall–Kier alpha value is -2.85. The van der Waals surface area contributed by atoms with Gasteiger partial charge in [-0.25, -0.2) is 8.42 Å². The third-order valence-electron chi connectivity index (χ3n) is 5.63. The average molecular weight is 487 g/mol. The summed E-state index contributed by atoms with van der Waals surface area (Å²) in [5.41, 5.74) is 2.25. The maximum Gasteiger partial charge on any atom is 0.263 e. The van der Waals surface area contributed by atoms with Crippen LogP contribution in [0.2, 0.25) is 0 Å². The van der Waals surface area contributed by atoms with Gasteiger partial charge in [0, 0.05) is 30.8 Å². The van der Waals surface area contributed by atoms with Crippen LogP contribution in [-0.4, -0.2) is 50.7 Å². The highest BCUT2D eigenvalue weighted by Crippen LogP contribution is 2.24.